The molecule has 1 aromatic heterocycles. The van der Waals surface area contributed by atoms with Gasteiger partial charge in [-0.1, -0.05) is 30.3 Å². The summed E-state index contributed by atoms with van der Waals surface area (Å²) in [6.07, 6.45) is 0.757. The van der Waals surface area contributed by atoms with Crippen LogP contribution in [0.15, 0.2) is 72.9 Å². The molecule has 0 spiro atoms. The number of ether oxygens (including phenoxy) is 2. The van der Waals surface area contributed by atoms with Gasteiger partial charge in [-0.2, -0.15) is 0 Å². The van der Waals surface area contributed by atoms with Gasteiger partial charge in [0.25, 0.3) is 5.91 Å². The molecule has 0 aliphatic heterocycles. The Labute approximate surface area is 168 Å². The summed E-state index contributed by atoms with van der Waals surface area (Å²) in [6, 6.07) is 19.8. The number of amides is 2. The van der Waals surface area contributed by atoms with Gasteiger partial charge in [0.05, 0.1) is 12.7 Å². The molecule has 1 atom stereocenters. The van der Waals surface area contributed by atoms with Crippen molar-refractivity contribution in [2.75, 3.05) is 17.7 Å². The number of hydrogen-bond acceptors (Lipinski definition) is 5. The molecule has 0 unspecified atom stereocenters. The summed E-state index contributed by atoms with van der Waals surface area (Å²) in [5.41, 5.74) is 2.59. The quantitative estimate of drug-likeness (QED) is 0.638. The highest BCUT2D eigenvalue weighted by molar-refractivity contribution is 6.04. The molecule has 0 bridgehead atoms. The number of rotatable bonds is 6. The lowest BCUT2D eigenvalue weighted by molar-refractivity contribution is 0.102. The van der Waals surface area contributed by atoms with Crippen LogP contribution in [-0.4, -0.2) is 24.1 Å². The minimum Gasteiger partial charge on any atom is -0.470 e. The lowest BCUT2D eigenvalue weighted by atomic mass is 10.1. The molecule has 3 rings (SSSR count). The number of hydrogen-bond donors (Lipinski definition) is 2. The van der Waals surface area contributed by atoms with Crippen LogP contribution < -0.4 is 15.4 Å². The fourth-order valence-electron chi connectivity index (χ4n) is 2.57. The molecule has 7 heteroatoms. The van der Waals surface area contributed by atoms with E-state index in [1.807, 2.05) is 37.3 Å². The van der Waals surface area contributed by atoms with E-state index in [4.69, 9.17) is 4.74 Å². The second-order valence-corrected chi connectivity index (χ2v) is 6.20. The van der Waals surface area contributed by atoms with Crippen LogP contribution >= 0.6 is 0 Å². The number of aromatic nitrogens is 1. The van der Waals surface area contributed by atoms with Gasteiger partial charge >= 0.3 is 6.09 Å². The van der Waals surface area contributed by atoms with E-state index in [2.05, 4.69) is 20.4 Å². The molecule has 7 nitrogen and oxygen atoms in total. The topological polar surface area (TPSA) is 89.6 Å². The molecule has 29 heavy (non-hydrogen) atoms. The van der Waals surface area contributed by atoms with Gasteiger partial charge in [0, 0.05) is 23.6 Å². The Morgan fingerprint density at radius 2 is 1.55 bits per heavy atom. The number of nitrogens with one attached hydrogen (secondary N) is 2. The molecule has 0 aliphatic rings. The molecule has 0 radical (unpaired) electrons. The van der Waals surface area contributed by atoms with Gasteiger partial charge in [0.2, 0.25) is 5.88 Å². The van der Waals surface area contributed by atoms with Crippen LogP contribution in [0.1, 0.15) is 28.9 Å². The Hall–Kier alpha value is -3.87. The minimum absolute atomic E-state index is 0.152. The molecular weight excluding hydrogens is 370 g/mol. The summed E-state index contributed by atoms with van der Waals surface area (Å²) in [7, 11) is 1.29. The smallest absolute Gasteiger partial charge is 0.411 e. The average molecular weight is 391 g/mol. The molecule has 0 aliphatic carbocycles. The van der Waals surface area contributed by atoms with Crippen LogP contribution in [0, 0.1) is 0 Å². The Morgan fingerprint density at radius 1 is 0.897 bits per heavy atom. The van der Waals surface area contributed by atoms with Crippen LogP contribution in [0.3, 0.4) is 0 Å². The van der Waals surface area contributed by atoms with Crippen molar-refractivity contribution in [1.82, 2.24) is 4.98 Å². The summed E-state index contributed by atoms with van der Waals surface area (Å²) >= 11 is 0. The Bertz CT molecular complexity index is 958. The highest BCUT2D eigenvalue weighted by Gasteiger charge is 2.10. The predicted molar refractivity (Wildman–Crippen MR) is 110 cm³/mol. The maximum absolute atomic E-state index is 12.4. The van der Waals surface area contributed by atoms with Gasteiger partial charge < -0.3 is 14.8 Å². The number of benzene rings is 2. The fourth-order valence-corrected chi connectivity index (χ4v) is 2.57. The zero-order valence-electron chi connectivity index (χ0n) is 16.1. The number of carbonyl (C=O) groups is 2. The molecule has 2 N–H and O–H groups in total. The minimum atomic E-state index is -0.559. The van der Waals surface area contributed by atoms with Crippen molar-refractivity contribution in [2.45, 2.75) is 13.0 Å². The van der Waals surface area contributed by atoms with E-state index in [0.29, 0.717) is 22.8 Å². The Balaban J connectivity index is 1.58. The third-order valence-electron chi connectivity index (χ3n) is 4.14. The monoisotopic (exact) mass is 391 g/mol. The van der Waals surface area contributed by atoms with Crippen LogP contribution in [0.25, 0.3) is 0 Å². The van der Waals surface area contributed by atoms with Gasteiger partial charge in [-0.05, 0) is 42.8 Å². The largest absolute Gasteiger partial charge is 0.470 e. The SMILES string of the molecule is COC(=O)Nc1ccc(NC(=O)c2ccc(O[C@H](C)c3ccccc3)nc2)cc1. The lowest BCUT2D eigenvalue weighted by Gasteiger charge is -2.14. The summed E-state index contributed by atoms with van der Waals surface area (Å²) < 4.78 is 10.3. The highest BCUT2D eigenvalue weighted by Crippen LogP contribution is 2.20. The van der Waals surface area contributed by atoms with Crippen LogP contribution in [0.2, 0.25) is 0 Å². The van der Waals surface area contributed by atoms with E-state index < -0.39 is 6.09 Å². The fraction of sp³-hybridized carbons (Fsp3) is 0.136. The number of nitrogens with zero attached hydrogens (tertiary/aromatic N) is 1. The second-order valence-electron chi connectivity index (χ2n) is 6.20. The predicted octanol–water partition coefficient (Wildman–Crippen LogP) is 4.65. The molecule has 148 valence electrons. The normalized spacial score (nSPS) is 11.2. The van der Waals surface area contributed by atoms with Crippen molar-refractivity contribution in [3.8, 4) is 5.88 Å². The summed E-state index contributed by atoms with van der Waals surface area (Å²) in [6.45, 7) is 1.94. The molecule has 0 saturated heterocycles. The van der Waals surface area contributed by atoms with E-state index in [1.54, 1.807) is 36.4 Å². The maximum atomic E-state index is 12.4. The first-order valence-corrected chi connectivity index (χ1v) is 8.99. The van der Waals surface area contributed by atoms with Gasteiger partial charge in [-0.15, -0.1) is 0 Å². The first-order chi connectivity index (χ1) is 14.0. The molecule has 2 aromatic carbocycles. The molecule has 0 saturated carbocycles. The summed E-state index contributed by atoms with van der Waals surface area (Å²) in [5, 5.41) is 5.31. The zero-order valence-corrected chi connectivity index (χ0v) is 16.1. The van der Waals surface area contributed by atoms with Crippen molar-refractivity contribution in [2.24, 2.45) is 0 Å². The summed E-state index contributed by atoms with van der Waals surface area (Å²) in [5.74, 6) is 0.143. The Kier molecular flexibility index (Phi) is 6.42. The number of carbonyl (C=O) groups excluding carboxylic acids is 2. The van der Waals surface area contributed by atoms with E-state index in [-0.39, 0.29) is 12.0 Å². The van der Waals surface area contributed by atoms with E-state index in [9.17, 15) is 9.59 Å². The van der Waals surface area contributed by atoms with Crippen molar-refractivity contribution in [1.29, 1.82) is 0 Å². The van der Waals surface area contributed by atoms with Gasteiger partial charge in [0.15, 0.2) is 0 Å². The van der Waals surface area contributed by atoms with Crippen LogP contribution in [0.5, 0.6) is 5.88 Å². The Morgan fingerprint density at radius 3 is 2.14 bits per heavy atom. The highest BCUT2D eigenvalue weighted by atomic mass is 16.5. The van der Waals surface area contributed by atoms with Crippen LogP contribution in [0.4, 0.5) is 16.2 Å². The van der Waals surface area contributed by atoms with Crippen molar-refractivity contribution < 1.29 is 19.1 Å². The second kappa shape index (κ2) is 9.36. The zero-order chi connectivity index (χ0) is 20.6. The number of anilines is 2. The standard InChI is InChI=1S/C22H21N3O4/c1-15(16-6-4-3-5-7-16)29-20-13-8-17(14-23-20)21(26)24-18-9-11-19(12-10-18)25-22(27)28-2/h3-15H,1-2H3,(H,24,26)(H,25,27)/t15-/m1/s1. The third-order valence-corrected chi connectivity index (χ3v) is 4.14. The molecule has 1 heterocycles. The first-order valence-electron chi connectivity index (χ1n) is 8.99. The van der Waals surface area contributed by atoms with E-state index >= 15 is 0 Å². The number of pyridine rings is 1. The third kappa shape index (κ3) is 5.55. The van der Waals surface area contributed by atoms with Crippen molar-refractivity contribution in [3.05, 3.63) is 84.1 Å². The summed E-state index contributed by atoms with van der Waals surface area (Å²) in [4.78, 5) is 27.8. The van der Waals surface area contributed by atoms with Crippen LogP contribution in [-0.2, 0) is 4.74 Å². The van der Waals surface area contributed by atoms with Gasteiger partial charge in [-0.3, -0.25) is 10.1 Å². The lowest BCUT2D eigenvalue weighted by Crippen LogP contribution is -2.13. The average Bonchev–Trinajstić information content (AvgIpc) is 2.76. The van der Waals surface area contributed by atoms with Crippen molar-refractivity contribution >= 4 is 23.4 Å². The molecule has 3 aromatic rings. The van der Waals surface area contributed by atoms with E-state index in [0.717, 1.165) is 5.56 Å². The molecular formula is C22H21N3O4. The first kappa shape index (κ1) is 19.9. The van der Waals surface area contributed by atoms with Gasteiger partial charge in [0.1, 0.15) is 6.10 Å². The number of methoxy groups -OCH3 is 1. The maximum Gasteiger partial charge on any atom is 0.411 e. The molecule has 0 fully saturated rings. The van der Waals surface area contributed by atoms with E-state index in [1.165, 1.54) is 13.3 Å². The van der Waals surface area contributed by atoms with Gasteiger partial charge in [-0.25, -0.2) is 9.78 Å². The molecule has 2 amide bonds. The van der Waals surface area contributed by atoms with Crippen molar-refractivity contribution in [3.63, 3.8) is 0 Å².